The molecule has 1 aliphatic rings. The van der Waals surface area contributed by atoms with Crippen LogP contribution in [-0.4, -0.2) is 30.1 Å². The van der Waals surface area contributed by atoms with Crippen molar-refractivity contribution in [2.24, 2.45) is 5.92 Å². The molecule has 0 amide bonds. The molecule has 0 aliphatic carbocycles. The lowest BCUT2D eigenvalue weighted by Gasteiger charge is -2.25. The van der Waals surface area contributed by atoms with E-state index in [9.17, 15) is 4.79 Å². The van der Waals surface area contributed by atoms with Gasteiger partial charge in [-0.3, -0.25) is 4.79 Å². The number of carbonyl (C=O) groups excluding carboxylic acids is 1. The molecule has 0 aromatic rings. The van der Waals surface area contributed by atoms with Crippen molar-refractivity contribution in [3.63, 3.8) is 0 Å². The number of halogens is 1. The van der Waals surface area contributed by atoms with Gasteiger partial charge >= 0.3 is 5.97 Å². The van der Waals surface area contributed by atoms with Crippen LogP contribution in [0, 0.1) is 5.92 Å². The van der Waals surface area contributed by atoms with E-state index in [0.29, 0.717) is 13.2 Å². The Morgan fingerprint density at radius 1 is 1.75 bits per heavy atom. The van der Waals surface area contributed by atoms with Crippen LogP contribution < -0.4 is 0 Å². The van der Waals surface area contributed by atoms with Crippen LogP contribution in [0.2, 0.25) is 0 Å². The first-order chi connectivity index (χ1) is 5.74. The Labute approximate surface area is 77.7 Å². The number of carbonyl (C=O) groups is 1. The van der Waals surface area contributed by atoms with Crippen LogP contribution in [-0.2, 0) is 9.53 Å². The number of hydrogen-bond acceptors (Lipinski definition) is 3. The Kier molecular flexibility index (Phi) is 3.82. The third-order valence-electron chi connectivity index (χ3n) is 1.99. The van der Waals surface area contributed by atoms with Crippen molar-refractivity contribution in [1.29, 1.82) is 0 Å². The summed E-state index contributed by atoms with van der Waals surface area (Å²) in [7, 11) is 0. The van der Waals surface area contributed by atoms with Gasteiger partial charge in [0.2, 0.25) is 0 Å². The van der Waals surface area contributed by atoms with E-state index in [2.05, 4.69) is 0 Å². The van der Waals surface area contributed by atoms with Gasteiger partial charge in [-0.15, -0.1) is 0 Å². The van der Waals surface area contributed by atoms with Crippen LogP contribution in [0.3, 0.4) is 0 Å². The fraction of sp³-hybridized carbons (Fsp3) is 0.875. The first-order valence-corrected chi connectivity index (χ1v) is 4.65. The lowest BCUT2D eigenvalue weighted by Crippen LogP contribution is -2.34. The zero-order valence-electron chi connectivity index (χ0n) is 7.25. The van der Waals surface area contributed by atoms with Crippen molar-refractivity contribution in [3.05, 3.63) is 0 Å². The fourth-order valence-electron chi connectivity index (χ4n) is 1.38. The Bertz CT molecular complexity index is 163. The van der Waals surface area contributed by atoms with Crippen LogP contribution in [0.25, 0.3) is 0 Å². The number of hydrogen-bond donors (Lipinski definition) is 0. The van der Waals surface area contributed by atoms with Crippen LogP contribution in [0.5, 0.6) is 0 Å². The standard InChI is InChI=1S/C8H14ClNO2/c1-2-12-8(11)7-4-3-5-10(9)6-7/h7H,2-6H2,1H3. The van der Waals surface area contributed by atoms with E-state index in [4.69, 9.17) is 16.5 Å². The summed E-state index contributed by atoms with van der Waals surface area (Å²) in [5, 5.41) is 0. The maximum atomic E-state index is 11.2. The maximum absolute atomic E-state index is 11.2. The Morgan fingerprint density at radius 2 is 2.50 bits per heavy atom. The fourth-order valence-corrected chi connectivity index (χ4v) is 1.67. The molecule has 0 aromatic carbocycles. The predicted molar refractivity (Wildman–Crippen MR) is 46.8 cm³/mol. The van der Waals surface area contributed by atoms with Gasteiger partial charge in [0, 0.05) is 13.1 Å². The van der Waals surface area contributed by atoms with Gasteiger partial charge in [-0.2, -0.15) is 0 Å². The van der Waals surface area contributed by atoms with Gasteiger partial charge in [-0.05, 0) is 31.5 Å². The van der Waals surface area contributed by atoms with Crippen LogP contribution in [0.4, 0.5) is 0 Å². The first-order valence-electron chi connectivity index (χ1n) is 4.31. The van der Waals surface area contributed by atoms with Crippen molar-refractivity contribution < 1.29 is 9.53 Å². The topological polar surface area (TPSA) is 29.5 Å². The number of piperidine rings is 1. The molecule has 3 nitrogen and oxygen atoms in total. The van der Waals surface area contributed by atoms with Crippen LogP contribution in [0.15, 0.2) is 0 Å². The van der Waals surface area contributed by atoms with E-state index in [-0.39, 0.29) is 11.9 Å². The van der Waals surface area contributed by atoms with E-state index in [1.165, 1.54) is 0 Å². The molecule has 0 radical (unpaired) electrons. The second-order valence-electron chi connectivity index (χ2n) is 2.96. The van der Waals surface area contributed by atoms with Crippen molar-refractivity contribution in [2.75, 3.05) is 19.7 Å². The SMILES string of the molecule is CCOC(=O)C1CCCN(Cl)C1. The molecule has 1 atom stereocenters. The molecule has 70 valence electrons. The molecule has 4 heteroatoms. The molecule has 1 aliphatic heterocycles. The molecule has 1 heterocycles. The first kappa shape index (κ1) is 9.81. The quantitative estimate of drug-likeness (QED) is 0.489. The number of ether oxygens (including phenoxy) is 1. The van der Waals surface area contributed by atoms with Gasteiger partial charge < -0.3 is 4.74 Å². The second kappa shape index (κ2) is 4.67. The molecule has 1 saturated heterocycles. The van der Waals surface area contributed by atoms with Crippen molar-refractivity contribution in [1.82, 2.24) is 4.42 Å². The van der Waals surface area contributed by atoms with Gasteiger partial charge in [0.25, 0.3) is 0 Å². The Hall–Kier alpha value is -0.280. The van der Waals surface area contributed by atoms with Crippen molar-refractivity contribution in [2.45, 2.75) is 19.8 Å². The summed E-state index contributed by atoms with van der Waals surface area (Å²) in [6.07, 6.45) is 1.88. The number of esters is 1. The maximum Gasteiger partial charge on any atom is 0.310 e. The smallest absolute Gasteiger partial charge is 0.310 e. The zero-order valence-corrected chi connectivity index (χ0v) is 8.01. The lowest BCUT2D eigenvalue weighted by atomic mass is 10.0. The molecular weight excluding hydrogens is 178 g/mol. The van der Waals surface area contributed by atoms with Gasteiger partial charge in [0.1, 0.15) is 0 Å². The van der Waals surface area contributed by atoms with E-state index < -0.39 is 0 Å². The second-order valence-corrected chi connectivity index (χ2v) is 3.44. The molecule has 0 bridgehead atoms. The lowest BCUT2D eigenvalue weighted by molar-refractivity contribution is -0.149. The minimum absolute atomic E-state index is 0.0174. The Morgan fingerprint density at radius 3 is 3.08 bits per heavy atom. The Balaban J connectivity index is 2.35. The summed E-state index contributed by atoms with van der Waals surface area (Å²) in [5.74, 6) is -0.126. The summed E-state index contributed by atoms with van der Waals surface area (Å²) >= 11 is 5.78. The molecule has 0 saturated carbocycles. The monoisotopic (exact) mass is 191 g/mol. The van der Waals surface area contributed by atoms with E-state index in [0.717, 1.165) is 19.4 Å². The van der Waals surface area contributed by atoms with E-state index in [1.54, 1.807) is 4.42 Å². The molecule has 1 rings (SSSR count). The minimum Gasteiger partial charge on any atom is -0.466 e. The zero-order chi connectivity index (χ0) is 8.97. The molecule has 0 N–H and O–H groups in total. The molecule has 0 aromatic heterocycles. The van der Waals surface area contributed by atoms with Crippen LogP contribution >= 0.6 is 11.8 Å². The highest BCUT2D eigenvalue weighted by atomic mass is 35.5. The van der Waals surface area contributed by atoms with Gasteiger partial charge in [0.05, 0.1) is 12.5 Å². The predicted octanol–water partition coefficient (Wildman–Crippen LogP) is 1.42. The average Bonchev–Trinajstić information content (AvgIpc) is 2.05. The molecule has 12 heavy (non-hydrogen) atoms. The normalized spacial score (nSPS) is 25.3. The summed E-state index contributed by atoms with van der Waals surface area (Å²) in [6.45, 7) is 3.77. The largest absolute Gasteiger partial charge is 0.466 e. The van der Waals surface area contributed by atoms with E-state index >= 15 is 0 Å². The summed E-state index contributed by atoms with van der Waals surface area (Å²) in [6, 6.07) is 0. The molecule has 0 spiro atoms. The molecular formula is C8H14ClNO2. The van der Waals surface area contributed by atoms with Gasteiger partial charge in [0.15, 0.2) is 0 Å². The molecule has 1 unspecified atom stereocenters. The minimum atomic E-state index is -0.108. The summed E-state index contributed by atoms with van der Waals surface area (Å²) in [5.41, 5.74) is 0. The summed E-state index contributed by atoms with van der Waals surface area (Å²) in [4.78, 5) is 11.2. The summed E-state index contributed by atoms with van der Waals surface area (Å²) < 4.78 is 6.56. The van der Waals surface area contributed by atoms with Gasteiger partial charge in [-0.1, -0.05) is 0 Å². The number of nitrogens with zero attached hydrogens (tertiary/aromatic N) is 1. The number of rotatable bonds is 2. The van der Waals surface area contributed by atoms with E-state index in [1.807, 2.05) is 6.92 Å². The third-order valence-corrected chi connectivity index (χ3v) is 2.30. The average molecular weight is 192 g/mol. The highest BCUT2D eigenvalue weighted by Crippen LogP contribution is 2.18. The third kappa shape index (κ3) is 2.64. The molecule has 1 fully saturated rings. The highest BCUT2D eigenvalue weighted by molar-refractivity contribution is 6.13. The van der Waals surface area contributed by atoms with Crippen molar-refractivity contribution >= 4 is 17.7 Å². The highest BCUT2D eigenvalue weighted by Gasteiger charge is 2.25. The van der Waals surface area contributed by atoms with Gasteiger partial charge in [-0.25, -0.2) is 4.42 Å². The van der Waals surface area contributed by atoms with Crippen molar-refractivity contribution in [3.8, 4) is 0 Å². The van der Waals surface area contributed by atoms with Crippen LogP contribution in [0.1, 0.15) is 19.8 Å².